The molecule has 1 saturated heterocycles. The van der Waals surface area contributed by atoms with Gasteiger partial charge in [-0.25, -0.2) is 4.31 Å². The number of anilines is 3. The molecule has 0 atom stereocenters. The third-order valence-electron chi connectivity index (χ3n) is 5.21. The molecule has 0 saturated carbocycles. The zero-order valence-corrected chi connectivity index (χ0v) is 16.2. The van der Waals surface area contributed by atoms with E-state index < -0.39 is 11.0 Å². The Kier molecular flexibility index (Phi) is 5.56. The van der Waals surface area contributed by atoms with E-state index in [1.165, 1.54) is 0 Å². The highest BCUT2D eigenvalue weighted by molar-refractivity contribution is 8.27. The van der Waals surface area contributed by atoms with Crippen molar-refractivity contribution >= 4 is 28.0 Å². The van der Waals surface area contributed by atoms with Crippen molar-refractivity contribution in [1.29, 1.82) is 0 Å². The summed E-state index contributed by atoms with van der Waals surface area (Å²) in [5.41, 5.74) is 2.51. The molecule has 0 bridgehead atoms. The fourth-order valence-electron chi connectivity index (χ4n) is 3.85. The van der Waals surface area contributed by atoms with E-state index in [2.05, 4.69) is 10.6 Å². The predicted octanol–water partition coefficient (Wildman–Crippen LogP) is 3.96. The summed E-state index contributed by atoms with van der Waals surface area (Å²) in [7, 11) is -3.12. The van der Waals surface area contributed by atoms with Crippen LogP contribution in [0.15, 0.2) is 54.6 Å². The largest absolute Gasteiger partial charge is 0.317 e. The molecule has 0 aliphatic carbocycles. The van der Waals surface area contributed by atoms with E-state index in [9.17, 15) is 9.11 Å². The normalized spacial score (nSPS) is 20.5. The van der Waals surface area contributed by atoms with Gasteiger partial charge in [0, 0.05) is 12.6 Å². The molecule has 0 radical (unpaired) electrons. The molecule has 2 heterocycles. The number of hydrogen-bond donors (Lipinski definition) is 4. The van der Waals surface area contributed by atoms with Crippen LogP contribution in [0.25, 0.3) is 0 Å². The van der Waals surface area contributed by atoms with E-state index in [-0.39, 0.29) is 0 Å². The number of nitrogens with zero attached hydrogens (tertiary/aromatic N) is 2. The first-order valence-electron chi connectivity index (χ1n) is 9.62. The summed E-state index contributed by atoms with van der Waals surface area (Å²) in [5.74, 6) is 0. The molecule has 1 fully saturated rings. The predicted molar refractivity (Wildman–Crippen MR) is 114 cm³/mol. The fraction of sp³-hybridized carbons (Fsp3) is 0.400. The molecule has 2 aliphatic rings. The molecule has 2 aromatic rings. The van der Waals surface area contributed by atoms with Crippen molar-refractivity contribution in [1.82, 2.24) is 10.6 Å². The lowest BCUT2D eigenvalue weighted by Gasteiger charge is -2.43. The number of nitrogens with one attached hydrogen (secondary N) is 2. The van der Waals surface area contributed by atoms with Crippen LogP contribution in [0.4, 0.5) is 17.1 Å². The van der Waals surface area contributed by atoms with Gasteiger partial charge in [-0.05, 0) is 74.1 Å². The highest BCUT2D eigenvalue weighted by atomic mass is 32.3. The maximum Gasteiger partial charge on any atom is 0.0896 e. The average molecular weight is 389 g/mol. The Bertz CT molecular complexity index is 753. The van der Waals surface area contributed by atoms with Crippen LogP contribution < -0.4 is 19.2 Å². The Morgan fingerprint density at radius 1 is 0.963 bits per heavy atom. The van der Waals surface area contributed by atoms with Crippen LogP contribution >= 0.6 is 11.0 Å². The fourth-order valence-corrected chi connectivity index (χ4v) is 5.66. The molecule has 146 valence electrons. The van der Waals surface area contributed by atoms with E-state index in [4.69, 9.17) is 0 Å². The van der Waals surface area contributed by atoms with Gasteiger partial charge in [0.05, 0.1) is 17.1 Å². The molecule has 7 heteroatoms. The zero-order chi connectivity index (χ0) is 18.7. The summed E-state index contributed by atoms with van der Waals surface area (Å²) in [6.07, 6.45) is 3.17. The van der Waals surface area contributed by atoms with Gasteiger partial charge in [0.1, 0.15) is 0 Å². The Morgan fingerprint density at radius 2 is 1.63 bits per heavy atom. The number of para-hydroxylation sites is 3. The van der Waals surface area contributed by atoms with Gasteiger partial charge in [-0.1, -0.05) is 30.3 Å². The third-order valence-corrected chi connectivity index (χ3v) is 7.08. The molecule has 0 spiro atoms. The molecule has 2 aliphatic heterocycles. The molecule has 6 nitrogen and oxygen atoms in total. The van der Waals surface area contributed by atoms with Gasteiger partial charge in [0.25, 0.3) is 0 Å². The van der Waals surface area contributed by atoms with Crippen LogP contribution in [0.1, 0.15) is 19.3 Å². The second-order valence-electron chi connectivity index (χ2n) is 7.04. The summed E-state index contributed by atoms with van der Waals surface area (Å²) < 4.78 is 25.6. The monoisotopic (exact) mass is 388 g/mol. The minimum atomic E-state index is -3.12. The van der Waals surface area contributed by atoms with Gasteiger partial charge in [-0.3, -0.25) is 13.4 Å². The Balaban J connectivity index is 1.47. The minimum absolute atomic E-state index is 0.568. The highest BCUT2D eigenvalue weighted by Crippen LogP contribution is 2.63. The first-order valence-corrected chi connectivity index (χ1v) is 11.1. The van der Waals surface area contributed by atoms with E-state index >= 15 is 0 Å². The van der Waals surface area contributed by atoms with E-state index in [0.717, 1.165) is 56.0 Å². The van der Waals surface area contributed by atoms with Crippen molar-refractivity contribution in [2.75, 3.05) is 34.8 Å². The summed E-state index contributed by atoms with van der Waals surface area (Å²) in [5, 5.41) is 6.98. The number of benzene rings is 2. The minimum Gasteiger partial charge on any atom is -0.317 e. The summed E-state index contributed by atoms with van der Waals surface area (Å²) in [4.78, 5) is 0. The first kappa shape index (κ1) is 18.6. The van der Waals surface area contributed by atoms with Crippen molar-refractivity contribution in [3.63, 3.8) is 0 Å². The molecular formula is C20H28N4O2S. The lowest BCUT2D eigenvalue weighted by atomic mass is 10.1. The van der Waals surface area contributed by atoms with Gasteiger partial charge < -0.3 is 10.6 Å². The average Bonchev–Trinajstić information content (AvgIpc) is 2.93. The van der Waals surface area contributed by atoms with E-state index in [0.29, 0.717) is 12.6 Å². The number of fused-ring (bicyclic) bond motifs is 1. The van der Waals surface area contributed by atoms with Gasteiger partial charge in [-0.2, -0.15) is 0 Å². The molecular weight excluding hydrogens is 360 g/mol. The van der Waals surface area contributed by atoms with Crippen LogP contribution in [0.3, 0.4) is 0 Å². The third kappa shape index (κ3) is 3.79. The maximum atomic E-state index is 11.1. The molecule has 4 rings (SSSR count). The maximum absolute atomic E-state index is 11.1. The molecule has 27 heavy (non-hydrogen) atoms. The lowest BCUT2D eigenvalue weighted by molar-refractivity contribution is 0.386. The molecule has 2 aromatic carbocycles. The number of rotatable bonds is 6. The molecule has 0 unspecified atom stereocenters. The Labute approximate surface area is 162 Å². The summed E-state index contributed by atoms with van der Waals surface area (Å²) >= 11 is 0. The molecule has 0 aromatic heterocycles. The number of piperidine rings is 1. The second-order valence-corrected chi connectivity index (χ2v) is 8.83. The Hall–Kier alpha value is -1.77. The SMILES string of the molecule is OS1(O)N(CCCNC2CCNCC2)c2ccccc2N1c1ccccc1. The van der Waals surface area contributed by atoms with E-state index in [1.807, 2.05) is 54.6 Å². The van der Waals surface area contributed by atoms with Crippen molar-refractivity contribution in [3.8, 4) is 0 Å². The van der Waals surface area contributed by atoms with Crippen molar-refractivity contribution < 1.29 is 9.11 Å². The zero-order valence-electron chi connectivity index (χ0n) is 15.4. The van der Waals surface area contributed by atoms with Crippen molar-refractivity contribution in [2.24, 2.45) is 0 Å². The van der Waals surface area contributed by atoms with Crippen LogP contribution in [-0.2, 0) is 0 Å². The quantitative estimate of drug-likeness (QED) is 0.562. The summed E-state index contributed by atoms with van der Waals surface area (Å²) in [6.45, 7) is 3.62. The second kappa shape index (κ2) is 8.08. The van der Waals surface area contributed by atoms with Crippen molar-refractivity contribution in [2.45, 2.75) is 25.3 Å². The van der Waals surface area contributed by atoms with Crippen LogP contribution in [0.5, 0.6) is 0 Å². The standard InChI is InChI=1S/C20H28N4O2S/c25-27(26)23(16-6-13-22-17-11-14-21-15-12-17)19-9-4-5-10-20(19)24(27)18-7-2-1-3-8-18/h1-5,7-10,17,21-22,25-26H,6,11-16H2. The van der Waals surface area contributed by atoms with Gasteiger partial charge in [-0.15, -0.1) is 0 Å². The van der Waals surface area contributed by atoms with E-state index in [1.54, 1.807) is 8.61 Å². The number of hydrogen-bond acceptors (Lipinski definition) is 6. The smallest absolute Gasteiger partial charge is 0.0896 e. The van der Waals surface area contributed by atoms with Gasteiger partial charge >= 0.3 is 0 Å². The topological polar surface area (TPSA) is 71.0 Å². The molecule has 4 N–H and O–H groups in total. The molecule has 0 amide bonds. The van der Waals surface area contributed by atoms with Gasteiger partial charge in [0.15, 0.2) is 0 Å². The van der Waals surface area contributed by atoms with Crippen LogP contribution in [0, 0.1) is 0 Å². The van der Waals surface area contributed by atoms with Crippen LogP contribution in [-0.4, -0.2) is 41.3 Å². The summed E-state index contributed by atoms with van der Waals surface area (Å²) in [6, 6.07) is 17.9. The Morgan fingerprint density at radius 3 is 2.37 bits per heavy atom. The lowest BCUT2D eigenvalue weighted by Crippen LogP contribution is -2.41. The van der Waals surface area contributed by atoms with Gasteiger partial charge in [0.2, 0.25) is 0 Å². The highest BCUT2D eigenvalue weighted by Gasteiger charge is 2.41. The van der Waals surface area contributed by atoms with Crippen LogP contribution in [0.2, 0.25) is 0 Å². The van der Waals surface area contributed by atoms with Crippen molar-refractivity contribution in [3.05, 3.63) is 54.6 Å². The first-order chi connectivity index (χ1) is 13.2.